The van der Waals surface area contributed by atoms with Gasteiger partial charge in [-0.15, -0.1) is 13.2 Å². The molecule has 3 nitrogen and oxygen atoms in total. The molecule has 0 aromatic carbocycles. The highest BCUT2D eigenvalue weighted by molar-refractivity contribution is 4.97. The SMILES string of the molecule is CC(C)c1nccn1CCOC(F)(F)F. The number of halogens is 3. The van der Waals surface area contributed by atoms with Gasteiger partial charge in [-0.3, -0.25) is 4.74 Å². The Labute approximate surface area is 85.9 Å². The summed E-state index contributed by atoms with van der Waals surface area (Å²) in [5.74, 6) is 0.951. The maximum absolute atomic E-state index is 11.7. The maximum Gasteiger partial charge on any atom is 0.522 e. The Balaban J connectivity index is 2.47. The molecule has 0 N–H and O–H groups in total. The fourth-order valence-electron chi connectivity index (χ4n) is 1.27. The number of hydrogen-bond acceptors (Lipinski definition) is 2. The predicted molar refractivity (Wildman–Crippen MR) is 48.3 cm³/mol. The van der Waals surface area contributed by atoms with Crippen LogP contribution in [0.25, 0.3) is 0 Å². The summed E-state index contributed by atoms with van der Waals surface area (Å²) >= 11 is 0. The average molecular weight is 222 g/mol. The van der Waals surface area contributed by atoms with Crippen molar-refractivity contribution in [1.82, 2.24) is 9.55 Å². The van der Waals surface area contributed by atoms with E-state index < -0.39 is 6.36 Å². The van der Waals surface area contributed by atoms with E-state index in [2.05, 4.69) is 9.72 Å². The van der Waals surface area contributed by atoms with Crippen molar-refractivity contribution >= 4 is 0 Å². The molecule has 0 atom stereocenters. The zero-order valence-corrected chi connectivity index (χ0v) is 8.58. The van der Waals surface area contributed by atoms with Crippen LogP contribution in [-0.4, -0.2) is 22.5 Å². The van der Waals surface area contributed by atoms with Gasteiger partial charge >= 0.3 is 6.36 Å². The summed E-state index contributed by atoms with van der Waals surface area (Å²) in [5.41, 5.74) is 0. The minimum Gasteiger partial charge on any atom is -0.332 e. The Kier molecular flexibility index (Phi) is 3.73. The predicted octanol–water partition coefficient (Wildman–Crippen LogP) is 2.54. The number of imidazole rings is 1. The minimum atomic E-state index is -4.56. The summed E-state index contributed by atoms with van der Waals surface area (Å²) in [5, 5.41) is 0. The van der Waals surface area contributed by atoms with Crippen LogP contribution in [0.3, 0.4) is 0 Å². The van der Waals surface area contributed by atoms with Crippen molar-refractivity contribution in [1.29, 1.82) is 0 Å². The number of hydrogen-bond donors (Lipinski definition) is 0. The Morgan fingerprint density at radius 1 is 1.47 bits per heavy atom. The fourth-order valence-corrected chi connectivity index (χ4v) is 1.27. The quantitative estimate of drug-likeness (QED) is 0.782. The van der Waals surface area contributed by atoms with Crippen molar-refractivity contribution in [2.75, 3.05) is 6.61 Å². The lowest BCUT2D eigenvalue weighted by atomic mass is 10.2. The second-order valence-corrected chi connectivity index (χ2v) is 3.43. The third-order valence-electron chi connectivity index (χ3n) is 1.86. The van der Waals surface area contributed by atoms with Crippen LogP contribution in [0.2, 0.25) is 0 Å². The molecule has 0 aliphatic heterocycles. The normalized spacial score (nSPS) is 12.4. The van der Waals surface area contributed by atoms with E-state index in [-0.39, 0.29) is 19.1 Å². The van der Waals surface area contributed by atoms with Crippen molar-refractivity contribution in [3.63, 3.8) is 0 Å². The molecule has 0 saturated heterocycles. The molecular formula is C9H13F3N2O. The first kappa shape index (κ1) is 12.0. The molecule has 1 heterocycles. The van der Waals surface area contributed by atoms with Gasteiger partial charge in [-0.1, -0.05) is 13.8 Å². The fraction of sp³-hybridized carbons (Fsp3) is 0.667. The molecule has 0 unspecified atom stereocenters. The Morgan fingerprint density at radius 3 is 2.67 bits per heavy atom. The summed E-state index contributed by atoms with van der Waals surface area (Å²) in [7, 11) is 0. The van der Waals surface area contributed by atoms with Gasteiger partial charge < -0.3 is 4.57 Å². The van der Waals surface area contributed by atoms with Gasteiger partial charge in [0.15, 0.2) is 0 Å². The van der Waals surface area contributed by atoms with E-state index in [9.17, 15) is 13.2 Å². The molecule has 0 radical (unpaired) electrons. The molecule has 0 fully saturated rings. The van der Waals surface area contributed by atoms with Gasteiger partial charge in [-0.2, -0.15) is 0 Å². The number of nitrogens with zero attached hydrogens (tertiary/aromatic N) is 2. The lowest BCUT2D eigenvalue weighted by Gasteiger charge is -2.11. The van der Waals surface area contributed by atoms with Crippen LogP contribution in [-0.2, 0) is 11.3 Å². The maximum atomic E-state index is 11.7. The average Bonchev–Trinajstić information content (AvgIpc) is 2.49. The summed E-state index contributed by atoms with van der Waals surface area (Å²) in [6.07, 6.45) is -1.34. The Bertz CT molecular complexity index is 307. The number of ether oxygens (including phenoxy) is 1. The van der Waals surface area contributed by atoms with E-state index in [1.165, 1.54) is 0 Å². The number of aromatic nitrogens is 2. The van der Waals surface area contributed by atoms with Crippen molar-refractivity contribution < 1.29 is 17.9 Å². The van der Waals surface area contributed by atoms with Crippen LogP contribution >= 0.6 is 0 Å². The molecule has 86 valence electrons. The van der Waals surface area contributed by atoms with Gasteiger partial charge in [0, 0.05) is 24.9 Å². The van der Waals surface area contributed by atoms with Crippen LogP contribution in [0, 0.1) is 0 Å². The number of rotatable bonds is 4. The number of alkyl halides is 3. The highest BCUT2D eigenvalue weighted by Gasteiger charge is 2.28. The van der Waals surface area contributed by atoms with E-state index in [0.29, 0.717) is 0 Å². The lowest BCUT2D eigenvalue weighted by molar-refractivity contribution is -0.325. The molecular weight excluding hydrogens is 209 g/mol. The molecule has 0 bridgehead atoms. The first-order chi connectivity index (χ1) is 6.90. The second-order valence-electron chi connectivity index (χ2n) is 3.43. The van der Waals surface area contributed by atoms with E-state index in [1.54, 1.807) is 17.0 Å². The summed E-state index contributed by atoms with van der Waals surface area (Å²) in [4.78, 5) is 4.06. The Morgan fingerprint density at radius 2 is 2.13 bits per heavy atom. The van der Waals surface area contributed by atoms with Crippen LogP contribution in [0.5, 0.6) is 0 Å². The molecule has 0 amide bonds. The first-order valence-corrected chi connectivity index (χ1v) is 4.62. The van der Waals surface area contributed by atoms with Gasteiger partial charge in [-0.25, -0.2) is 4.98 Å². The van der Waals surface area contributed by atoms with Crippen LogP contribution in [0.15, 0.2) is 12.4 Å². The van der Waals surface area contributed by atoms with Crippen LogP contribution in [0.1, 0.15) is 25.6 Å². The zero-order valence-electron chi connectivity index (χ0n) is 8.58. The highest BCUT2D eigenvalue weighted by Crippen LogP contribution is 2.17. The van der Waals surface area contributed by atoms with Crippen LogP contribution < -0.4 is 0 Å². The summed E-state index contributed by atoms with van der Waals surface area (Å²) in [6, 6.07) is 0. The smallest absolute Gasteiger partial charge is 0.332 e. The van der Waals surface area contributed by atoms with Gasteiger partial charge in [-0.05, 0) is 0 Å². The van der Waals surface area contributed by atoms with Crippen molar-refractivity contribution in [3.8, 4) is 0 Å². The third-order valence-corrected chi connectivity index (χ3v) is 1.86. The van der Waals surface area contributed by atoms with Gasteiger partial charge in [0.25, 0.3) is 0 Å². The zero-order chi connectivity index (χ0) is 11.5. The largest absolute Gasteiger partial charge is 0.522 e. The lowest BCUT2D eigenvalue weighted by Crippen LogP contribution is -2.18. The monoisotopic (exact) mass is 222 g/mol. The van der Waals surface area contributed by atoms with Crippen molar-refractivity contribution in [2.45, 2.75) is 32.7 Å². The van der Waals surface area contributed by atoms with Crippen molar-refractivity contribution in [3.05, 3.63) is 18.2 Å². The molecule has 1 rings (SSSR count). The summed E-state index contributed by atoms with van der Waals surface area (Å²) in [6.45, 7) is 3.64. The van der Waals surface area contributed by atoms with E-state index >= 15 is 0 Å². The molecule has 0 aliphatic carbocycles. The topological polar surface area (TPSA) is 27.1 Å². The standard InChI is InChI=1S/C9H13F3N2O/c1-7(2)8-13-3-4-14(8)5-6-15-9(10,11)12/h3-4,7H,5-6H2,1-2H3. The second kappa shape index (κ2) is 4.65. The van der Waals surface area contributed by atoms with Crippen molar-refractivity contribution in [2.24, 2.45) is 0 Å². The van der Waals surface area contributed by atoms with Crippen LogP contribution in [0.4, 0.5) is 13.2 Å². The van der Waals surface area contributed by atoms with Gasteiger partial charge in [0.05, 0.1) is 6.61 Å². The molecule has 1 aromatic rings. The Hall–Kier alpha value is -1.04. The van der Waals surface area contributed by atoms with E-state index in [4.69, 9.17) is 0 Å². The third kappa shape index (κ3) is 3.91. The minimum absolute atomic E-state index is 0.160. The van der Waals surface area contributed by atoms with Gasteiger partial charge in [0.1, 0.15) is 5.82 Å². The molecule has 1 aromatic heterocycles. The molecule has 0 aliphatic rings. The molecule has 15 heavy (non-hydrogen) atoms. The first-order valence-electron chi connectivity index (χ1n) is 4.62. The van der Waals surface area contributed by atoms with E-state index in [1.807, 2.05) is 13.8 Å². The van der Waals surface area contributed by atoms with Gasteiger partial charge in [0.2, 0.25) is 0 Å². The molecule has 6 heteroatoms. The highest BCUT2D eigenvalue weighted by atomic mass is 19.4. The molecule has 0 saturated carbocycles. The van der Waals surface area contributed by atoms with E-state index in [0.717, 1.165) is 5.82 Å². The molecule has 0 spiro atoms. The summed E-state index contributed by atoms with van der Waals surface area (Å²) < 4.78 is 40.4.